The summed E-state index contributed by atoms with van der Waals surface area (Å²) in [4.78, 5) is 27.8. The second-order valence-electron chi connectivity index (χ2n) is 6.57. The number of fused-ring (bicyclic) bond motifs is 1. The van der Waals surface area contributed by atoms with Gasteiger partial charge in [-0.1, -0.05) is 17.4 Å². The van der Waals surface area contributed by atoms with E-state index in [0.717, 1.165) is 15.8 Å². The lowest BCUT2D eigenvalue weighted by Crippen LogP contribution is -2.33. The Morgan fingerprint density at radius 2 is 2.04 bits per heavy atom. The SMILES string of the molecule is Cc1ccc2nc(NC(=O)CCCNC(=O)OC(C)(C)C)sc2c1. The highest BCUT2D eigenvalue weighted by molar-refractivity contribution is 7.22. The van der Waals surface area contributed by atoms with Gasteiger partial charge in [0, 0.05) is 13.0 Å². The minimum atomic E-state index is -0.521. The van der Waals surface area contributed by atoms with E-state index in [1.807, 2.05) is 25.1 Å². The van der Waals surface area contributed by atoms with Crippen molar-refractivity contribution in [1.29, 1.82) is 0 Å². The van der Waals surface area contributed by atoms with Gasteiger partial charge < -0.3 is 15.4 Å². The first-order chi connectivity index (χ1) is 11.2. The van der Waals surface area contributed by atoms with Crippen LogP contribution in [0.25, 0.3) is 10.2 Å². The van der Waals surface area contributed by atoms with Crippen LogP contribution in [-0.2, 0) is 9.53 Å². The van der Waals surface area contributed by atoms with E-state index >= 15 is 0 Å². The topological polar surface area (TPSA) is 80.3 Å². The van der Waals surface area contributed by atoms with Crippen molar-refractivity contribution < 1.29 is 14.3 Å². The number of carbonyl (C=O) groups excluding carboxylic acids is 2. The molecule has 1 aromatic carbocycles. The number of alkyl carbamates (subject to hydrolysis) is 1. The van der Waals surface area contributed by atoms with Crippen LogP contribution in [-0.4, -0.2) is 29.1 Å². The molecule has 0 saturated heterocycles. The van der Waals surface area contributed by atoms with Gasteiger partial charge in [0.1, 0.15) is 5.60 Å². The van der Waals surface area contributed by atoms with Crippen molar-refractivity contribution in [2.24, 2.45) is 0 Å². The molecule has 1 heterocycles. The molecule has 6 nitrogen and oxygen atoms in total. The van der Waals surface area contributed by atoms with E-state index < -0.39 is 11.7 Å². The first-order valence-electron chi connectivity index (χ1n) is 7.87. The van der Waals surface area contributed by atoms with Crippen molar-refractivity contribution in [2.75, 3.05) is 11.9 Å². The molecule has 2 N–H and O–H groups in total. The van der Waals surface area contributed by atoms with Gasteiger partial charge in [0.05, 0.1) is 10.2 Å². The number of benzene rings is 1. The van der Waals surface area contributed by atoms with Gasteiger partial charge in [-0.15, -0.1) is 0 Å². The number of thiazole rings is 1. The summed E-state index contributed by atoms with van der Waals surface area (Å²) in [5, 5.41) is 6.03. The molecule has 2 amide bonds. The highest BCUT2D eigenvalue weighted by Gasteiger charge is 2.15. The maximum absolute atomic E-state index is 11.9. The lowest BCUT2D eigenvalue weighted by atomic mass is 10.2. The summed E-state index contributed by atoms with van der Waals surface area (Å²) < 4.78 is 6.18. The van der Waals surface area contributed by atoms with Crippen LogP contribution in [0.5, 0.6) is 0 Å². The molecule has 0 saturated carbocycles. The van der Waals surface area contributed by atoms with Gasteiger partial charge in [-0.3, -0.25) is 4.79 Å². The molecule has 2 rings (SSSR count). The molecular weight excluding hydrogens is 326 g/mol. The molecule has 24 heavy (non-hydrogen) atoms. The van der Waals surface area contributed by atoms with Gasteiger partial charge in [0.25, 0.3) is 0 Å². The fourth-order valence-corrected chi connectivity index (χ4v) is 3.00. The number of hydrogen-bond acceptors (Lipinski definition) is 5. The molecule has 0 aliphatic rings. The fourth-order valence-electron chi connectivity index (χ4n) is 2.02. The van der Waals surface area contributed by atoms with Crippen molar-refractivity contribution in [3.63, 3.8) is 0 Å². The normalized spacial score (nSPS) is 11.3. The molecule has 0 radical (unpaired) electrons. The van der Waals surface area contributed by atoms with Crippen LogP contribution in [0, 0.1) is 6.92 Å². The van der Waals surface area contributed by atoms with Crippen LogP contribution >= 0.6 is 11.3 Å². The Labute approximate surface area is 145 Å². The summed E-state index contributed by atoms with van der Waals surface area (Å²) in [6.07, 6.45) is 0.379. The number of hydrogen-bond donors (Lipinski definition) is 2. The second-order valence-corrected chi connectivity index (χ2v) is 7.60. The number of rotatable bonds is 5. The first-order valence-corrected chi connectivity index (χ1v) is 8.68. The summed E-state index contributed by atoms with van der Waals surface area (Å²) in [6, 6.07) is 5.99. The standard InChI is InChI=1S/C17H23N3O3S/c1-11-7-8-12-13(10-11)24-15(19-12)20-14(21)6-5-9-18-16(22)23-17(2,3)4/h7-8,10H,5-6,9H2,1-4H3,(H,18,22)(H,19,20,21). The molecule has 0 unspecified atom stereocenters. The van der Waals surface area contributed by atoms with Crippen molar-refractivity contribution in [3.05, 3.63) is 23.8 Å². The van der Waals surface area contributed by atoms with Crippen LogP contribution in [0.2, 0.25) is 0 Å². The van der Waals surface area contributed by atoms with E-state index in [9.17, 15) is 9.59 Å². The molecule has 0 atom stereocenters. The zero-order valence-electron chi connectivity index (χ0n) is 14.4. The van der Waals surface area contributed by atoms with E-state index in [-0.39, 0.29) is 5.91 Å². The summed E-state index contributed by atoms with van der Waals surface area (Å²) >= 11 is 1.46. The highest BCUT2D eigenvalue weighted by Crippen LogP contribution is 2.26. The minimum Gasteiger partial charge on any atom is -0.444 e. The maximum atomic E-state index is 11.9. The molecule has 7 heteroatoms. The second kappa shape index (κ2) is 7.61. The number of aromatic nitrogens is 1. The average Bonchev–Trinajstić information content (AvgIpc) is 2.83. The minimum absolute atomic E-state index is 0.114. The Kier molecular flexibility index (Phi) is 5.77. The number of carbonyl (C=O) groups is 2. The maximum Gasteiger partial charge on any atom is 0.407 e. The number of amides is 2. The number of nitrogens with zero attached hydrogens (tertiary/aromatic N) is 1. The molecule has 0 spiro atoms. The van der Waals surface area contributed by atoms with Crippen LogP contribution in [0.4, 0.5) is 9.93 Å². The van der Waals surface area contributed by atoms with Crippen LogP contribution in [0.1, 0.15) is 39.2 Å². The Bertz CT molecular complexity index is 734. The smallest absolute Gasteiger partial charge is 0.407 e. The third-order valence-corrected chi connectivity index (χ3v) is 3.97. The fraction of sp³-hybridized carbons (Fsp3) is 0.471. The van der Waals surface area contributed by atoms with Crippen LogP contribution in [0.3, 0.4) is 0 Å². The van der Waals surface area contributed by atoms with Crippen molar-refractivity contribution in [3.8, 4) is 0 Å². The van der Waals surface area contributed by atoms with Crippen LogP contribution in [0.15, 0.2) is 18.2 Å². The highest BCUT2D eigenvalue weighted by atomic mass is 32.1. The lowest BCUT2D eigenvalue weighted by molar-refractivity contribution is -0.116. The van der Waals surface area contributed by atoms with Gasteiger partial charge >= 0.3 is 6.09 Å². The molecule has 130 valence electrons. The quantitative estimate of drug-likeness (QED) is 0.804. The summed E-state index contributed by atoms with van der Waals surface area (Å²) in [7, 11) is 0. The van der Waals surface area contributed by atoms with Gasteiger partial charge in [-0.25, -0.2) is 9.78 Å². The zero-order chi connectivity index (χ0) is 17.7. The van der Waals surface area contributed by atoms with E-state index in [0.29, 0.717) is 24.5 Å². The van der Waals surface area contributed by atoms with E-state index in [4.69, 9.17) is 4.74 Å². The molecule has 0 aliphatic carbocycles. The molecule has 2 aromatic rings. The Morgan fingerprint density at radius 1 is 1.29 bits per heavy atom. The average molecular weight is 349 g/mol. The molecule has 0 bridgehead atoms. The molecule has 0 fully saturated rings. The Hall–Kier alpha value is -2.15. The zero-order valence-corrected chi connectivity index (χ0v) is 15.3. The summed E-state index contributed by atoms with van der Waals surface area (Å²) in [5.41, 5.74) is 1.52. The molecular formula is C17H23N3O3S. The van der Waals surface area contributed by atoms with E-state index in [1.165, 1.54) is 11.3 Å². The Balaban J connectivity index is 1.74. The van der Waals surface area contributed by atoms with Crippen molar-refractivity contribution in [1.82, 2.24) is 10.3 Å². The van der Waals surface area contributed by atoms with Gasteiger partial charge in [-0.2, -0.15) is 0 Å². The van der Waals surface area contributed by atoms with Gasteiger partial charge in [0.2, 0.25) is 5.91 Å². The monoisotopic (exact) mass is 349 g/mol. The first kappa shape index (κ1) is 18.2. The molecule has 1 aromatic heterocycles. The Morgan fingerprint density at radius 3 is 2.75 bits per heavy atom. The third-order valence-electron chi connectivity index (χ3n) is 3.04. The predicted molar refractivity (Wildman–Crippen MR) is 96.5 cm³/mol. The molecule has 0 aliphatic heterocycles. The predicted octanol–water partition coefficient (Wildman–Crippen LogP) is 3.85. The third kappa shape index (κ3) is 5.81. The van der Waals surface area contributed by atoms with Crippen molar-refractivity contribution in [2.45, 2.75) is 46.1 Å². The number of ether oxygens (including phenoxy) is 1. The van der Waals surface area contributed by atoms with E-state index in [1.54, 1.807) is 20.8 Å². The van der Waals surface area contributed by atoms with Crippen LogP contribution < -0.4 is 10.6 Å². The van der Waals surface area contributed by atoms with Gasteiger partial charge in [0.15, 0.2) is 5.13 Å². The summed E-state index contributed by atoms with van der Waals surface area (Å²) in [5.74, 6) is -0.114. The van der Waals surface area contributed by atoms with Gasteiger partial charge in [-0.05, 0) is 51.8 Å². The lowest BCUT2D eigenvalue weighted by Gasteiger charge is -2.19. The number of anilines is 1. The van der Waals surface area contributed by atoms with E-state index in [2.05, 4.69) is 15.6 Å². The number of nitrogens with one attached hydrogen (secondary N) is 2. The number of aryl methyl sites for hydroxylation is 1. The summed E-state index contributed by atoms with van der Waals surface area (Å²) in [6.45, 7) is 7.83. The van der Waals surface area contributed by atoms with Crippen molar-refractivity contribution >= 4 is 38.7 Å². The largest absolute Gasteiger partial charge is 0.444 e.